The summed E-state index contributed by atoms with van der Waals surface area (Å²) in [4.78, 5) is 11.1. The molecule has 66 valence electrons. The van der Waals surface area contributed by atoms with E-state index in [2.05, 4.69) is 38.5 Å². The SMILES string of the molecule is CC(=O)c1cc(C#N)c(I)cc1Br. The average molecular weight is 350 g/mol. The summed E-state index contributed by atoms with van der Waals surface area (Å²) in [5, 5.41) is 8.73. The fraction of sp³-hybridized carbons (Fsp3) is 0.111. The van der Waals surface area contributed by atoms with Gasteiger partial charge in [0.05, 0.1) is 5.56 Å². The highest BCUT2D eigenvalue weighted by Crippen LogP contribution is 2.23. The van der Waals surface area contributed by atoms with E-state index in [4.69, 9.17) is 5.26 Å². The minimum Gasteiger partial charge on any atom is -0.294 e. The van der Waals surface area contributed by atoms with Gasteiger partial charge in [0, 0.05) is 13.6 Å². The van der Waals surface area contributed by atoms with E-state index in [1.807, 2.05) is 6.07 Å². The maximum atomic E-state index is 11.1. The Hall–Kier alpha value is -0.410. The lowest BCUT2D eigenvalue weighted by atomic mass is 10.1. The largest absolute Gasteiger partial charge is 0.294 e. The lowest BCUT2D eigenvalue weighted by molar-refractivity contribution is 0.101. The number of nitriles is 1. The minimum absolute atomic E-state index is 0.0419. The summed E-state index contributed by atoms with van der Waals surface area (Å²) in [6.45, 7) is 1.48. The summed E-state index contributed by atoms with van der Waals surface area (Å²) in [5.74, 6) is -0.0419. The molecular weight excluding hydrogens is 345 g/mol. The molecule has 0 unspecified atom stereocenters. The molecule has 0 aliphatic carbocycles. The first-order valence-electron chi connectivity index (χ1n) is 3.46. The van der Waals surface area contributed by atoms with E-state index in [-0.39, 0.29) is 5.78 Å². The van der Waals surface area contributed by atoms with Gasteiger partial charge in [-0.15, -0.1) is 0 Å². The van der Waals surface area contributed by atoms with Gasteiger partial charge in [0.25, 0.3) is 0 Å². The lowest BCUT2D eigenvalue weighted by Crippen LogP contribution is -1.96. The fourth-order valence-corrected chi connectivity index (χ4v) is 2.54. The Morgan fingerprint density at radius 3 is 2.69 bits per heavy atom. The highest BCUT2D eigenvalue weighted by molar-refractivity contribution is 14.1. The highest BCUT2D eigenvalue weighted by Gasteiger charge is 2.09. The molecule has 0 fully saturated rings. The topological polar surface area (TPSA) is 40.9 Å². The molecule has 4 heteroatoms. The van der Waals surface area contributed by atoms with Gasteiger partial charge in [-0.25, -0.2) is 0 Å². The first-order chi connectivity index (χ1) is 6.06. The van der Waals surface area contributed by atoms with E-state index in [1.54, 1.807) is 12.1 Å². The average Bonchev–Trinajstić information content (AvgIpc) is 2.03. The first kappa shape index (κ1) is 10.7. The van der Waals surface area contributed by atoms with Crippen molar-refractivity contribution in [3.8, 4) is 6.07 Å². The van der Waals surface area contributed by atoms with E-state index >= 15 is 0 Å². The quantitative estimate of drug-likeness (QED) is 0.577. The van der Waals surface area contributed by atoms with E-state index < -0.39 is 0 Å². The van der Waals surface area contributed by atoms with Crippen molar-refractivity contribution in [1.29, 1.82) is 5.26 Å². The smallest absolute Gasteiger partial charge is 0.160 e. The van der Waals surface area contributed by atoms with Crippen molar-refractivity contribution in [1.82, 2.24) is 0 Å². The number of halogens is 2. The normalized spacial score (nSPS) is 9.38. The third kappa shape index (κ3) is 2.29. The molecule has 1 aromatic carbocycles. The molecule has 13 heavy (non-hydrogen) atoms. The van der Waals surface area contributed by atoms with Gasteiger partial charge in [-0.2, -0.15) is 5.26 Å². The number of ketones is 1. The van der Waals surface area contributed by atoms with Crippen LogP contribution in [0.15, 0.2) is 16.6 Å². The molecule has 0 saturated carbocycles. The van der Waals surface area contributed by atoms with Crippen LogP contribution in [0.5, 0.6) is 0 Å². The summed E-state index contributed by atoms with van der Waals surface area (Å²) in [6, 6.07) is 5.42. The molecule has 0 heterocycles. The zero-order valence-electron chi connectivity index (χ0n) is 6.77. The summed E-state index contributed by atoms with van der Waals surface area (Å²) < 4.78 is 1.58. The molecular formula is C9H5BrINO. The standard InChI is InChI=1S/C9H5BrINO/c1-5(13)7-2-6(4-12)9(11)3-8(7)10/h2-3H,1H3. The van der Waals surface area contributed by atoms with Crippen molar-refractivity contribution >= 4 is 44.3 Å². The van der Waals surface area contributed by atoms with Gasteiger partial charge in [0.2, 0.25) is 0 Å². The van der Waals surface area contributed by atoms with Gasteiger partial charge >= 0.3 is 0 Å². The lowest BCUT2D eigenvalue weighted by Gasteiger charge is -2.02. The zero-order valence-corrected chi connectivity index (χ0v) is 10.5. The molecule has 0 bridgehead atoms. The Kier molecular flexibility index (Phi) is 3.45. The molecule has 0 radical (unpaired) electrons. The van der Waals surface area contributed by atoms with Crippen LogP contribution >= 0.6 is 38.5 Å². The van der Waals surface area contributed by atoms with Crippen LogP contribution in [0.4, 0.5) is 0 Å². The van der Waals surface area contributed by atoms with Crippen LogP contribution in [-0.2, 0) is 0 Å². The van der Waals surface area contributed by atoms with E-state index in [0.717, 1.165) is 8.04 Å². The van der Waals surface area contributed by atoms with Crippen LogP contribution in [0.1, 0.15) is 22.8 Å². The van der Waals surface area contributed by atoms with Crippen molar-refractivity contribution in [3.63, 3.8) is 0 Å². The van der Waals surface area contributed by atoms with Gasteiger partial charge in [-0.1, -0.05) is 15.9 Å². The summed E-state index contributed by atoms with van der Waals surface area (Å²) >= 11 is 5.34. The molecule has 1 rings (SSSR count). The minimum atomic E-state index is -0.0419. The Morgan fingerprint density at radius 1 is 1.62 bits per heavy atom. The van der Waals surface area contributed by atoms with Crippen LogP contribution in [0.3, 0.4) is 0 Å². The van der Waals surface area contributed by atoms with Crippen molar-refractivity contribution in [3.05, 3.63) is 31.3 Å². The number of benzene rings is 1. The Bertz CT molecular complexity index is 409. The van der Waals surface area contributed by atoms with E-state index in [0.29, 0.717) is 11.1 Å². The zero-order chi connectivity index (χ0) is 10.0. The summed E-state index contributed by atoms with van der Waals surface area (Å²) in [5.41, 5.74) is 1.09. The number of carbonyl (C=O) groups excluding carboxylic acids is 1. The van der Waals surface area contributed by atoms with Crippen LogP contribution in [-0.4, -0.2) is 5.78 Å². The molecule has 2 nitrogen and oxygen atoms in total. The van der Waals surface area contributed by atoms with Crippen molar-refractivity contribution in [2.75, 3.05) is 0 Å². The fourth-order valence-electron chi connectivity index (χ4n) is 0.904. The number of carbonyl (C=O) groups is 1. The molecule has 0 amide bonds. The first-order valence-corrected chi connectivity index (χ1v) is 5.33. The molecule has 0 aliphatic rings. The van der Waals surface area contributed by atoms with Crippen LogP contribution in [0.25, 0.3) is 0 Å². The molecule has 0 N–H and O–H groups in total. The molecule has 1 aromatic rings. The third-order valence-corrected chi connectivity index (χ3v) is 3.11. The number of hydrogen-bond donors (Lipinski definition) is 0. The maximum absolute atomic E-state index is 11.1. The maximum Gasteiger partial charge on any atom is 0.160 e. The Labute approximate surface area is 98.2 Å². The predicted molar refractivity (Wildman–Crippen MR) is 61.6 cm³/mol. The highest BCUT2D eigenvalue weighted by atomic mass is 127. The van der Waals surface area contributed by atoms with Crippen molar-refractivity contribution < 1.29 is 4.79 Å². The van der Waals surface area contributed by atoms with Gasteiger partial charge in [-0.3, -0.25) is 4.79 Å². The molecule has 0 aromatic heterocycles. The second-order valence-corrected chi connectivity index (χ2v) is 4.50. The Morgan fingerprint density at radius 2 is 2.23 bits per heavy atom. The second kappa shape index (κ2) is 4.20. The Balaban J connectivity index is 3.41. The van der Waals surface area contributed by atoms with Gasteiger partial charge in [-0.05, 0) is 41.6 Å². The predicted octanol–water partition coefficient (Wildman–Crippen LogP) is 3.13. The van der Waals surface area contributed by atoms with Crippen molar-refractivity contribution in [2.24, 2.45) is 0 Å². The van der Waals surface area contributed by atoms with Crippen LogP contribution in [0.2, 0.25) is 0 Å². The van der Waals surface area contributed by atoms with E-state index in [9.17, 15) is 4.79 Å². The molecule has 0 atom stereocenters. The summed E-state index contributed by atoms with van der Waals surface area (Å²) in [7, 11) is 0. The van der Waals surface area contributed by atoms with Crippen LogP contribution in [0, 0.1) is 14.9 Å². The van der Waals surface area contributed by atoms with Gasteiger partial charge < -0.3 is 0 Å². The monoisotopic (exact) mass is 349 g/mol. The molecule has 0 saturated heterocycles. The number of rotatable bonds is 1. The number of nitrogens with zero attached hydrogens (tertiary/aromatic N) is 1. The molecule has 0 aliphatic heterocycles. The second-order valence-electron chi connectivity index (χ2n) is 2.48. The van der Waals surface area contributed by atoms with Crippen molar-refractivity contribution in [2.45, 2.75) is 6.92 Å². The van der Waals surface area contributed by atoms with Crippen LogP contribution < -0.4 is 0 Å². The third-order valence-electron chi connectivity index (χ3n) is 1.56. The molecule has 0 spiro atoms. The number of hydrogen-bond acceptors (Lipinski definition) is 2. The van der Waals surface area contributed by atoms with Gasteiger partial charge in [0.15, 0.2) is 5.78 Å². The van der Waals surface area contributed by atoms with E-state index in [1.165, 1.54) is 6.92 Å². The summed E-state index contributed by atoms with van der Waals surface area (Å²) in [6.07, 6.45) is 0. The van der Waals surface area contributed by atoms with Gasteiger partial charge in [0.1, 0.15) is 6.07 Å². The number of Topliss-reactive ketones (excluding diaryl/α,β-unsaturated/α-hetero) is 1.